The van der Waals surface area contributed by atoms with Crippen molar-refractivity contribution >= 4 is 11.7 Å². The van der Waals surface area contributed by atoms with E-state index in [0.717, 1.165) is 36.8 Å². The topological polar surface area (TPSA) is 37.4 Å². The van der Waals surface area contributed by atoms with Crippen LogP contribution >= 0.6 is 0 Å². The summed E-state index contributed by atoms with van der Waals surface area (Å²) in [6.45, 7) is 1.23. The molecule has 1 heterocycles. The number of hydrogen-bond donors (Lipinski definition) is 0. The van der Waals surface area contributed by atoms with Crippen molar-refractivity contribution in [2.45, 2.75) is 56.8 Å². The van der Waals surface area contributed by atoms with Crippen molar-refractivity contribution in [3.63, 3.8) is 0 Å². The van der Waals surface area contributed by atoms with Crippen molar-refractivity contribution < 1.29 is 14.0 Å². The summed E-state index contributed by atoms with van der Waals surface area (Å²) in [5.41, 5.74) is 2.82. The fraction of sp³-hybridized carbons (Fsp3) is 0.355. The number of nitrogens with zero attached hydrogens (tertiary/aromatic N) is 1. The van der Waals surface area contributed by atoms with Gasteiger partial charge in [-0.15, -0.1) is 0 Å². The molecular formula is C31H34FNO2. The first-order valence-electron chi connectivity index (χ1n) is 12.7. The van der Waals surface area contributed by atoms with Gasteiger partial charge >= 0.3 is 0 Å². The number of Topliss-reactive ketones (excluding diaryl/α,β-unsaturated/α-hetero) is 1. The minimum atomic E-state index is -0.520. The summed E-state index contributed by atoms with van der Waals surface area (Å²) >= 11 is 0. The third-order valence-corrected chi connectivity index (χ3v) is 7.33. The van der Waals surface area contributed by atoms with Gasteiger partial charge in [-0.05, 0) is 67.3 Å². The van der Waals surface area contributed by atoms with Gasteiger partial charge in [0.05, 0.1) is 5.41 Å². The summed E-state index contributed by atoms with van der Waals surface area (Å²) in [6.07, 6.45) is 5.66. The molecule has 0 aromatic heterocycles. The molecule has 0 spiro atoms. The Bertz CT molecular complexity index is 1090. The summed E-state index contributed by atoms with van der Waals surface area (Å²) in [7, 11) is 0. The highest BCUT2D eigenvalue weighted by atomic mass is 19.1. The molecule has 3 aromatic carbocycles. The lowest BCUT2D eigenvalue weighted by molar-refractivity contribution is -0.136. The summed E-state index contributed by atoms with van der Waals surface area (Å²) < 4.78 is 13.1. The first-order valence-corrected chi connectivity index (χ1v) is 12.7. The molecule has 4 rings (SSSR count). The largest absolute Gasteiger partial charge is 0.343 e. The smallest absolute Gasteiger partial charge is 0.222 e. The molecule has 0 aliphatic carbocycles. The second-order valence-corrected chi connectivity index (χ2v) is 9.57. The SMILES string of the molecule is O=C(CCc1ccccc1)N1CCC(C(=O)CCCCc2ccc(F)cc2)(c2ccccc2)CC1. The lowest BCUT2D eigenvalue weighted by Gasteiger charge is -2.41. The molecule has 0 radical (unpaired) electrons. The van der Waals surface area contributed by atoms with Crippen LogP contribution in [0, 0.1) is 5.82 Å². The van der Waals surface area contributed by atoms with Crippen molar-refractivity contribution in [2.75, 3.05) is 13.1 Å². The highest BCUT2D eigenvalue weighted by molar-refractivity contribution is 5.90. The normalized spacial score (nSPS) is 15.1. The molecule has 0 unspecified atom stereocenters. The van der Waals surface area contributed by atoms with Crippen LogP contribution in [0.3, 0.4) is 0 Å². The fourth-order valence-electron chi connectivity index (χ4n) is 5.18. The number of benzene rings is 3. The number of amides is 1. The van der Waals surface area contributed by atoms with E-state index in [4.69, 9.17) is 0 Å². The third-order valence-electron chi connectivity index (χ3n) is 7.33. The van der Waals surface area contributed by atoms with E-state index in [1.54, 1.807) is 0 Å². The van der Waals surface area contributed by atoms with Gasteiger partial charge in [0.2, 0.25) is 5.91 Å². The van der Waals surface area contributed by atoms with Crippen LogP contribution in [-0.4, -0.2) is 29.7 Å². The van der Waals surface area contributed by atoms with Gasteiger partial charge in [-0.1, -0.05) is 72.8 Å². The lowest BCUT2D eigenvalue weighted by Crippen LogP contribution is -2.49. The molecule has 0 saturated carbocycles. The molecule has 4 heteroatoms. The maximum Gasteiger partial charge on any atom is 0.222 e. The molecule has 1 aliphatic rings. The van der Waals surface area contributed by atoms with Crippen LogP contribution in [0.4, 0.5) is 4.39 Å². The zero-order chi connectivity index (χ0) is 24.5. The van der Waals surface area contributed by atoms with E-state index in [0.29, 0.717) is 38.8 Å². The summed E-state index contributed by atoms with van der Waals surface area (Å²) in [5, 5.41) is 0. The lowest BCUT2D eigenvalue weighted by atomic mass is 9.68. The maximum absolute atomic E-state index is 13.6. The number of piperidine rings is 1. The van der Waals surface area contributed by atoms with E-state index in [1.165, 1.54) is 17.7 Å². The Morgan fingerprint density at radius 1 is 0.714 bits per heavy atom. The highest BCUT2D eigenvalue weighted by Gasteiger charge is 2.42. The van der Waals surface area contributed by atoms with E-state index in [-0.39, 0.29) is 17.5 Å². The summed E-state index contributed by atoms with van der Waals surface area (Å²) in [5.74, 6) is 0.222. The van der Waals surface area contributed by atoms with Gasteiger partial charge < -0.3 is 4.90 Å². The number of likely N-dealkylation sites (tertiary alicyclic amines) is 1. The van der Waals surface area contributed by atoms with Crippen molar-refractivity contribution in [1.29, 1.82) is 0 Å². The number of aryl methyl sites for hydroxylation is 2. The van der Waals surface area contributed by atoms with Crippen LogP contribution in [0.2, 0.25) is 0 Å². The molecule has 0 N–H and O–H groups in total. The standard InChI is InChI=1S/C31H34FNO2/c32-28-18-15-26(16-19-28)11-7-8-14-29(34)31(27-12-5-2-6-13-27)21-23-33(24-22-31)30(35)20-17-25-9-3-1-4-10-25/h1-6,9-10,12-13,15-16,18-19H,7-8,11,14,17,20-24H2. The maximum atomic E-state index is 13.6. The Hall–Kier alpha value is -3.27. The van der Waals surface area contributed by atoms with Gasteiger partial charge in [-0.2, -0.15) is 0 Å². The van der Waals surface area contributed by atoms with Crippen molar-refractivity contribution in [3.05, 3.63) is 107 Å². The zero-order valence-electron chi connectivity index (χ0n) is 20.3. The molecule has 35 heavy (non-hydrogen) atoms. The second kappa shape index (κ2) is 11.9. The van der Waals surface area contributed by atoms with Gasteiger partial charge in [0.15, 0.2) is 0 Å². The second-order valence-electron chi connectivity index (χ2n) is 9.57. The van der Waals surface area contributed by atoms with Crippen molar-refractivity contribution in [2.24, 2.45) is 0 Å². The van der Waals surface area contributed by atoms with E-state index >= 15 is 0 Å². The van der Waals surface area contributed by atoms with Gasteiger partial charge in [0.1, 0.15) is 11.6 Å². The molecule has 3 nitrogen and oxygen atoms in total. The Kier molecular flexibility index (Phi) is 8.46. The zero-order valence-corrected chi connectivity index (χ0v) is 20.3. The number of carbonyl (C=O) groups excluding carboxylic acids is 2. The minimum absolute atomic E-state index is 0.169. The van der Waals surface area contributed by atoms with E-state index in [1.807, 2.05) is 53.4 Å². The highest BCUT2D eigenvalue weighted by Crippen LogP contribution is 2.38. The molecule has 0 atom stereocenters. The number of carbonyl (C=O) groups is 2. The number of rotatable bonds is 10. The molecule has 0 bridgehead atoms. The van der Waals surface area contributed by atoms with E-state index in [9.17, 15) is 14.0 Å². The number of hydrogen-bond acceptors (Lipinski definition) is 2. The van der Waals surface area contributed by atoms with Gasteiger partial charge in [-0.25, -0.2) is 4.39 Å². The Morgan fingerprint density at radius 2 is 1.31 bits per heavy atom. The van der Waals surface area contributed by atoms with Crippen LogP contribution in [0.5, 0.6) is 0 Å². The van der Waals surface area contributed by atoms with Gasteiger partial charge in [-0.3, -0.25) is 9.59 Å². The summed E-state index contributed by atoms with van der Waals surface area (Å²) in [4.78, 5) is 28.4. The number of unbranched alkanes of at least 4 members (excludes halogenated alkanes) is 1. The first kappa shape index (κ1) is 24.8. The molecular weight excluding hydrogens is 437 g/mol. The molecule has 1 fully saturated rings. The number of halogens is 1. The number of ketones is 1. The molecule has 1 amide bonds. The van der Waals surface area contributed by atoms with Crippen molar-refractivity contribution in [3.8, 4) is 0 Å². The van der Waals surface area contributed by atoms with Crippen LogP contribution in [0.25, 0.3) is 0 Å². The molecule has 1 aliphatic heterocycles. The van der Waals surface area contributed by atoms with Crippen molar-refractivity contribution in [1.82, 2.24) is 4.90 Å². The minimum Gasteiger partial charge on any atom is -0.343 e. The molecule has 1 saturated heterocycles. The van der Waals surface area contributed by atoms with Gasteiger partial charge in [0.25, 0.3) is 0 Å². The average Bonchev–Trinajstić information content (AvgIpc) is 2.91. The van der Waals surface area contributed by atoms with Crippen LogP contribution in [0.15, 0.2) is 84.9 Å². The van der Waals surface area contributed by atoms with Crippen LogP contribution in [0.1, 0.15) is 55.2 Å². The fourth-order valence-corrected chi connectivity index (χ4v) is 5.18. The molecule has 3 aromatic rings. The van der Waals surface area contributed by atoms with Gasteiger partial charge in [0, 0.05) is 25.9 Å². The predicted molar refractivity (Wildman–Crippen MR) is 138 cm³/mol. The third kappa shape index (κ3) is 6.45. The van der Waals surface area contributed by atoms with E-state index < -0.39 is 5.41 Å². The average molecular weight is 472 g/mol. The monoisotopic (exact) mass is 471 g/mol. The predicted octanol–water partition coefficient (Wildman–Crippen LogP) is 6.30. The Labute approximate surface area is 208 Å². The molecule has 182 valence electrons. The van der Waals surface area contributed by atoms with E-state index in [2.05, 4.69) is 24.3 Å². The van der Waals surface area contributed by atoms with Crippen LogP contribution < -0.4 is 0 Å². The Balaban J connectivity index is 1.34. The Morgan fingerprint density at radius 3 is 1.97 bits per heavy atom. The van der Waals surface area contributed by atoms with Crippen LogP contribution in [-0.2, 0) is 27.8 Å². The quantitative estimate of drug-likeness (QED) is 0.325. The first-order chi connectivity index (χ1) is 17.1. The summed E-state index contributed by atoms with van der Waals surface area (Å²) in [6, 6.07) is 26.8.